The van der Waals surface area contributed by atoms with Crippen LogP contribution in [0.5, 0.6) is 0 Å². The van der Waals surface area contributed by atoms with Crippen LogP contribution in [0.15, 0.2) is 28.7 Å². The third kappa shape index (κ3) is 6.95. The number of carbonyl (C=O) groups is 2. The van der Waals surface area contributed by atoms with E-state index in [0.29, 0.717) is 12.0 Å². The third-order valence-corrected chi connectivity index (χ3v) is 6.14. The maximum absolute atomic E-state index is 12.8. The maximum atomic E-state index is 12.8. The minimum Gasteiger partial charge on any atom is -0.352 e. The molecule has 0 spiro atoms. The predicted octanol–water partition coefficient (Wildman–Crippen LogP) is 4.53. The molecule has 2 N–H and O–H groups in total. The van der Waals surface area contributed by atoms with Crippen LogP contribution in [0, 0.1) is 0 Å². The quantitative estimate of drug-likeness (QED) is 0.654. The smallest absolute Gasteiger partial charge is 0.253 e. The highest BCUT2D eigenvalue weighted by Gasteiger charge is 2.24. The fourth-order valence-corrected chi connectivity index (χ4v) is 4.22. The van der Waals surface area contributed by atoms with E-state index in [2.05, 4.69) is 26.6 Å². The molecule has 26 heavy (non-hydrogen) atoms. The first-order chi connectivity index (χ1) is 12.6. The van der Waals surface area contributed by atoms with Crippen molar-refractivity contribution in [2.24, 2.45) is 0 Å². The molecule has 1 aliphatic rings. The molecule has 1 unspecified atom stereocenters. The number of nitrogens with one attached hydrogen (secondary N) is 2. The minimum atomic E-state index is -0.493. The van der Waals surface area contributed by atoms with Crippen molar-refractivity contribution in [3.05, 3.63) is 34.3 Å². The van der Waals surface area contributed by atoms with Crippen molar-refractivity contribution in [3.63, 3.8) is 0 Å². The molecule has 1 fully saturated rings. The average Bonchev–Trinajstić information content (AvgIpc) is 2.60. The van der Waals surface area contributed by atoms with Gasteiger partial charge in [0.05, 0.1) is 5.56 Å². The number of rotatable bonds is 7. The summed E-state index contributed by atoms with van der Waals surface area (Å²) in [5, 5.41) is 6.12. The van der Waals surface area contributed by atoms with E-state index in [1.165, 1.54) is 32.1 Å². The van der Waals surface area contributed by atoms with Crippen LogP contribution < -0.4 is 10.6 Å². The van der Waals surface area contributed by atoms with Crippen LogP contribution >= 0.6 is 27.7 Å². The molecule has 2 amide bonds. The molecule has 6 heteroatoms. The molecule has 1 saturated carbocycles. The second kappa shape index (κ2) is 11.7. The Morgan fingerprint density at radius 1 is 1.15 bits per heavy atom. The van der Waals surface area contributed by atoms with Crippen LogP contribution in [0.4, 0.5) is 0 Å². The van der Waals surface area contributed by atoms with Gasteiger partial charge in [0.1, 0.15) is 6.04 Å². The van der Waals surface area contributed by atoms with E-state index >= 15 is 0 Å². The first kappa shape index (κ1) is 21.3. The van der Waals surface area contributed by atoms with Crippen LogP contribution in [-0.4, -0.2) is 35.9 Å². The van der Waals surface area contributed by atoms with Gasteiger partial charge in [-0.2, -0.15) is 11.8 Å². The topological polar surface area (TPSA) is 58.2 Å². The molecule has 1 aromatic rings. The largest absolute Gasteiger partial charge is 0.352 e. The summed E-state index contributed by atoms with van der Waals surface area (Å²) in [6, 6.07) is 7.03. The number of thioether (sulfide) groups is 1. The summed E-state index contributed by atoms with van der Waals surface area (Å²) >= 11 is 5.09. The highest BCUT2D eigenvalue weighted by Crippen LogP contribution is 2.18. The van der Waals surface area contributed by atoms with Crippen LogP contribution in [-0.2, 0) is 4.79 Å². The van der Waals surface area contributed by atoms with E-state index in [1.807, 2.05) is 24.5 Å². The minimum absolute atomic E-state index is 0.0509. The lowest BCUT2D eigenvalue weighted by atomic mass is 9.96. The molecule has 0 aliphatic heterocycles. The Bertz CT molecular complexity index is 589. The Hall–Kier alpha value is -1.01. The first-order valence-corrected chi connectivity index (χ1v) is 11.6. The number of carbonyl (C=O) groups excluding carboxylic acids is 2. The summed E-state index contributed by atoms with van der Waals surface area (Å²) < 4.78 is 0.738. The molecule has 0 radical (unpaired) electrons. The van der Waals surface area contributed by atoms with Gasteiger partial charge in [0.2, 0.25) is 5.91 Å². The molecule has 1 aliphatic carbocycles. The second-order valence-electron chi connectivity index (χ2n) is 6.84. The van der Waals surface area contributed by atoms with Crippen molar-refractivity contribution in [2.75, 3.05) is 12.0 Å². The molecular weight excluding hydrogens is 412 g/mol. The Balaban J connectivity index is 1.99. The van der Waals surface area contributed by atoms with E-state index in [0.717, 1.165) is 23.1 Å². The standard InChI is InChI=1S/C20H29BrN2O2S/c1-26-14-13-18(23-19(24)16-11-7-8-12-17(16)21)20(25)22-15-9-5-3-2-4-6-10-15/h7-8,11-12,15,18H,2-6,9-10,13-14H2,1H3,(H,22,25)(H,23,24). The van der Waals surface area contributed by atoms with Gasteiger partial charge in [-0.25, -0.2) is 0 Å². The fraction of sp³-hybridized carbons (Fsp3) is 0.600. The zero-order valence-corrected chi connectivity index (χ0v) is 17.8. The van der Waals surface area contributed by atoms with Gasteiger partial charge in [0.15, 0.2) is 0 Å². The van der Waals surface area contributed by atoms with Gasteiger partial charge in [0, 0.05) is 10.5 Å². The maximum Gasteiger partial charge on any atom is 0.253 e. The monoisotopic (exact) mass is 440 g/mol. The lowest BCUT2D eigenvalue weighted by Crippen LogP contribution is -2.50. The predicted molar refractivity (Wildman–Crippen MR) is 113 cm³/mol. The van der Waals surface area contributed by atoms with Gasteiger partial charge in [-0.05, 0) is 59.3 Å². The highest BCUT2D eigenvalue weighted by molar-refractivity contribution is 9.10. The van der Waals surface area contributed by atoms with E-state index < -0.39 is 6.04 Å². The summed E-state index contributed by atoms with van der Waals surface area (Å²) in [5.41, 5.74) is 0.556. The van der Waals surface area contributed by atoms with Crippen molar-refractivity contribution in [2.45, 2.75) is 63.5 Å². The Morgan fingerprint density at radius 3 is 2.46 bits per heavy atom. The summed E-state index contributed by atoms with van der Waals surface area (Å²) in [6.07, 6.45) is 10.9. The van der Waals surface area contributed by atoms with Gasteiger partial charge in [-0.1, -0.05) is 44.2 Å². The number of amides is 2. The lowest BCUT2D eigenvalue weighted by molar-refractivity contribution is -0.123. The fourth-order valence-electron chi connectivity index (χ4n) is 3.29. The van der Waals surface area contributed by atoms with Crippen LogP contribution in [0.3, 0.4) is 0 Å². The molecule has 4 nitrogen and oxygen atoms in total. The van der Waals surface area contributed by atoms with Crippen LogP contribution in [0.2, 0.25) is 0 Å². The third-order valence-electron chi connectivity index (χ3n) is 4.80. The molecule has 2 rings (SSSR count). The summed E-state index contributed by atoms with van der Waals surface area (Å²) in [7, 11) is 0. The zero-order chi connectivity index (χ0) is 18.8. The molecule has 144 valence electrons. The summed E-state index contributed by atoms with van der Waals surface area (Å²) in [6.45, 7) is 0. The molecule has 0 bridgehead atoms. The average molecular weight is 441 g/mol. The van der Waals surface area contributed by atoms with E-state index in [-0.39, 0.29) is 17.9 Å². The van der Waals surface area contributed by atoms with Gasteiger partial charge in [-0.15, -0.1) is 0 Å². The summed E-state index contributed by atoms with van der Waals surface area (Å²) in [5.74, 6) is 0.570. The molecular formula is C20H29BrN2O2S. The van der Waals surface area contributed by atoms with Crippen molar-refractivity contribution in [1.29, 1.82) is 0 Å². The molecule has 1 atom stereocenters. The second-order valence-corrected chi connectivity index (χ2v) is 8.68. The normalized spacial score (nSPS) is 17.0. The van der Waals surface area contributed by atoms with E-state index in [4.69, 9.17) is 0 Å². The molecule has 0 saturated heterocycles. The first-order valence-electron chi connectivity index (χ1n) is 9.46. The van der Waals surface area contributed by atoms with Crippen molar-refractivity contribution < 1.29 is 9.59 Å². The van der Waals surface area contributed by atoms with Crippen LogP contribution in [0.25, 0.3) is 0 Å². The molecule has 0 aromatic heterocycles. The number of hydrogen-bond donors (Lipinski definition) is 2. The van der Waals surface area contributed by atoms with Crippen molar-refractivity contribution >= 4 is 39.5 Å². The zero-order valence-electron chi connectivity index (χ0n) is 15.4. The van der Waals surface area contributed by atoms with Gasteiger partial charge < -0.3 is 10.6 Å². The van der Waals surface area contributed by atoms with Gasteiger partial charge in [-0.3, -0.25) is 9.59 Å². The molecule has 0 heterocycles. The van der Waals surface area contributed by atoms with E-state index in [9.17, 15) is 9.59 Å². The lowest BCUT2D eigenvalue weighted by Gasteiger charge is -2.25. The molecule has 1 aromatic carbocycles. The van der Waals surface area contributed by atoms with Gasteiger partial charge in [0.25, 0.3) is 5.91 Å². The van der Waals surface area contributed by atoms with Gasteiger partial charge >= 0.3 is 0 Å². The number of benzene rings is 1. The summed E-state index contributed by atoms with van der Waals surface area (Å²) in [4.78, 5) is 25.4. The highest BCUT2D eigenvalue weighted by atomic mass is 79.9. The Labute approximate surface area is 169 Å². The number of halogens is 1. The SMILES string of the molecule is CSCCC(NC(=O)c1ccccc1Br)C(=O)NC1CCCCCCC1. The van der Waals surface area contributed by atoms with Crippen LogP contribution in [0.1, 0.15) is 61.7 Å². The van der Waals surface area contributed by atoms with Crippen molar-refractivity contribution in [1.82, 2.24) is 10.6 Å². The Kier molecular flexibility index (Phi) is 9.54. The number of hydrogen-bond acceptors (Lipinski definition) is 3. The Morgan fingerprint density at radius 2 is 1.81 bits per heavy atom. The van der Waals surface area contributed by atoms with E-state index in [1.54, 1.807) is 17.8 Å². The van der Waals surface area contributed by atoms with Crippen molar-refractivity contribution in [3.8, 4) is 0 Å².